The third-order valence-electron chi connectivity index (χ3n) is 16.0. The van der Waals surface area contributed by atoms with Crippen LogP contribution in [-0.4, -0.2) is 186 Å². The number of nitrogens with one attached hydrogen (secondary N) is 4. The van der Waals surface area contributed by atoms with Crippen LogP contribution in [0.3, 0.4) is 0 Å². The highest BCUT2D eigenvalue weighted by Gasteiger charge is 2.50. The number of imidazole rings is 2. The highest BCUT2D eigenvalue weighted by atomic mass is 35.5. The first kappa shape index (κ1) is 59.4. The van der Waals surface area contributed by atoms with Crippen molar-refractivity contribution in [3.05, 3.63) is 142 Å². The van der Waals surface area contributed by atoms with Crippen LogP contribution in [0.15, 0.2) is 121 Å². The molecule has 0 bridgehead atoms. The van der Waals surface area contributed by atoms with Crippen LogP contribution >= 0.6 is 23.2 Å². The van der Waals surface area contributed by atoms with Gasteiger partial charge in [0.05, 0.1) is 58.5 Å². The predicted molar refractivity (Wildman–Crippen MR) is 328 cm³/mol. The van der Waals surface area contributed by atoms with Gasteiger partial charge in [0, 0.05) is 75.6 Å². The minimum Gasteiger partial charge on any atom is -0.456 e. The van der Waals surface area contributed by atoms with Gasteiger partial charge in [-0.05, 0) is 84.0 Å². The molecule has 6 aliphatic rings. The number of aliphatic hydroxyl groups excluding tert-OH is 2. The molecule has 0 aliphatic carbocycles. The number of ether oxygens (including phenoxy) is 7. The van der Waals surface area contributed by atoms with Crippen LogP contribution in [0.4, 0.5) is 4.79 Å². The number of carbonyl (C=O) groups excluding carboxylic acids is 2. The minimum absolute atomic E-state index is 0.200. The number of aromatic nitrogens is 4. The van der Waals surface area contributed by atoms with Crippen LogP contribution in [-0.2, 0) is 30.2 Å². The van der Waals surface area contributed by atoms with Crippen molar-refractivity contribution in [2.75, 3.05) is 78.8 Å². The number of piperazine rings is 2. The average molecular weight is 1210 g/mol. The smallest absolute Gasteiger partial charge is 0.410 e. The standard InChI is InChI=1S/C30H31ClN4O4.C26H21ClN2O5.C9H18N2O2/c31-23-14-25-24(33-30(34-25)39-27-17-38-28-26(36)16-37-29(27)28)13-22(23)21-7-5-20(6-8-21)19-3-1-18(2-4-19)15-35-11-9-32-10-12-35;27-19-10-21-20(28-26(29-21)34-23-13-33-24-22(31)12-32-25(23)24)9-18(19)17-7-5-16(6-8-17)15-3-1-14(11-30)2-4-15;1-9(2,3)13-8(12)11-6-4-10-5-7-11/h1-8,13-14,26-29,32,36H,9-12,15-17H2,(H,33,34);1-11,22-25,31H,12-13H2,(H,28,29);10H,4-7H2,1-3H3/t26-,27-,28-,29-;22-,23-,24-,25-;/m11./s1. The van der Waals surface area contributed by atoms with Crippen molar-refractivity contribution < 1.29 is 53.0 Å². The van der Waals surface area contributed by atoms with Gasteiger partial charge in [0.15, 0.2) is 12.2 Å². The molecule has 450 valence electrons. The lowest BCUT2D eigenvalue weighted by Crippen LogP contribution is -2.48. The summed E-state index contributed by atoms with van der Waals surface area (Å²) in [5.74, 6) is 0. The Morgan fingerprint density at radius 3 is 1.43 bits per heavy atom. The Hall–Kier alpha value is -6.98. The number of benzene rings is 6. The van der Waals surface area contributed by atoms with Gasteiger partial charge in [-0.2, -0.15) is 9.97 Å². The quantitative estimate of drug-likeness (QED) is 0.0665. The number of aromatic amines is 2. The number of amides is 1. The van der Waals surface area contributed by atoms with E-state index in [2.05, 4.69) is 84.0 Å². The Morgan fingerprint density at radius 2 is 0.988 bits per heavy atom. The Kier molecular flexibility index (Phi) is 18.1. The second kappa shape index (κ2) is 26.2. The van der Waals surface area contributed by atoms with Crippen LogP contribution < -0.4 is 20.1 Å². The summed E-state index contributed by atoms with van der Waals surface area (Å²) in [4.78, 5) is 42.2. The largest absolute Gasteiger partial charge is 0.456 e. The van der Waals surface area contributed by atoms with Crippen molar-refractivity contribution in [3.63, 3.8) is 0 Å². The second-order valence-corrected chi connectivity index (χ2v) is 24.1. The molecule has 6 aliphatic heterocycles. The molecule has 6 aromatic carbocycles. The van der Waals surface area contributed by atoms with Gasteiger partial charge in [0.1, 0.15) is 48.5 Å². The van der Waals surface area contributed by atoms with Crippen LogP contribution in [0.2, 0.25) is 10.0 Å². The van der Waals surface area contributed by atoms with Gasteiger partial charge in [-0.25, -0.2) is 4.79 Å². The van der Waals surface area contributed by atoms with E-state index in [1.807, 2.05) is 81.4 Å². The van der Waals surface area contributed by atoms with Crippen molar-refractivity contribution in [3.8, 4) is 56.5 Å². The summed E-state index contributed by atoms with van der Waals surface area (Å²) < 4.78 is 39.8. The first-order chi connectivity index (χ1) is 41.7. The van der Waals surface area contributed by atoms with Crippen LogP contribution in [0.1, 0.15) is 36.7 Å². The number of rotatable bonds is 11. The summed E-state index contributed by atoms with van der Waals surface area (Å²) in [5, 5.41) is 27.7. The molecule has 0 radical (unpaired) electrons. The van der Waals surface area contributed by atoms with E-state index in [1.54, 1.807) is 17.0 Å². The summed E-state index contributed by atoms with van der Waals surface area (Å²) >= 11 is 13.3. The zero-order valence-electron chi connectivity index (χ0n) is 48.0. The van der Waals surface area contributed by atoms with E-state index < -0.39 is 12.2 Å². The van der Waals surface area contributed by atoms with Gasteiger partial charge in [-0.15, -0.1) is 0 Å². The second-order valence-electron chi connectivity index (χ2n) is 23.3. The van der Waals surface area contributed by atoms with Gasteiger partial charge in [-0.3, -0.25) is 9.69 Å². The number of hydrogen-bond donors (Lipinski definition) is 6. The molecule has 0 spiro atoms. The van der Waals surface area contributed by atoms with E-state index in [-0.39, 0.29) is 61.5 Å². The Balaban J connectivity index is 0.000000141. The average Bonchev–Trinajstić information content (AvgIpc) is 4.30. The minimum atomic E-state index is -0.627. The summed E-state index contributed by atoms with van der Waals surface area (Å²) in [6.45, 7) is 15.4. The Bertz CT molecular complexity index is 3630. The molecule has 8 atom stereocenters. The molecule has 0 unspecified atom stereocenters. The van der Waals surface area contributed by atoms with Crippen molar-refractivity contribution in [1.29, 1.82) is 0 Å². The van der Waals surface area contributed by atoms with Gasteiger partial charge in [-0.1, -0.05) is 120 Å². The van der Waals surface area contributed by atoms with E-state index in [0.717, 1.165) is 126 Å². The lowest BCUT2D eigenvalue weighted by molar-refractivity contribution is 0.00704. The lowest BCUT2D eigenvalue weighted by Gasteiger charge is -2.30. The first-order valence-corrected chi connectivity index (χ1v) is 30.0. The predicted octanol–water partition coefficient (Wildman–Crippen LogP) is 8.96. The number of nitrogens with zero attached hydrogens (tertiary/aromatic N) is 4. The first-order valence-electron chi connectivity index (χ1n) is 29.2. The van der Waals surface area contributed by atoms with Gasteiger partial charge >= 0.3 is 6.09 Å². The number of halogens is 2. The molecule has 8 heterocycles. The van der Waals surface area contributed by atoms with Crippen LogP contribution in [0.5, 0.6) is 12.0 Å². The zero-order chi connectivity index (χ0) is 59.5. The lowest BCUT2D eigenvalue weighted by atomic mass is 9.99. The fraction of sp³-hybridized carbons (Fsp3) is 0.385. The maximum atomic E-state index is 11.5. The number of fused-ring (bicyclic) bond motifs is 4. The van der Waals surface area contributed by atoms with E-state index in [0.29, 0.717) is 40.8 Å². The van der Waals surface area contributed by atoms with Crippen molar-refractivity contribution in [1.82, 2.24) is 40.4 Å². The van der Waals surface area contributed by atoms with Crippen molar-refractivity contribution >= 4 is 57.6 Å². The number of hydrogen-bond acceptors (Lipinski definition) is 16. The normalized spacial score (nSPS) is 23.7. The van der Waals surface area contributed by atoms with Crippen molar-refractivity contribution in [2.24, 2.45) is 0 Å². The maximum absolute atomic E-state index is 11.5. The molecular weight excluding hydrogens is 1140 g/mol. The molecule has 6 N–H and O–H groups in total. The number of carbonyl (C=O) groups is 2. The number of aldehydes is 1. The Labute approximate surface area is 508 Å². The zero-order valence-corrected chi connectivity index (χ0v) is 49.6. The molecule has 86 heavy (non-hydrogen) atoms. The molecule has 8 aromatic rings. The molecule has 14 rings (SSSR count). The molecule has 6 fully saturated rings. The topological polar surface area (TPSA) is 227 Å². The van der Waals surface area contributed by atoms with E-state index in [1.165, 1.54) is 11.1 Å². The number of H-pyrrole nitrogens is 2. The fourth-order valence-corrected chi connectivity index (χ4v) is 12.0. The van der Waals surface area contributed by atoms with Crippen LogP contribution in [0.25, 0.3) is 66.6 Å². The summed E-state index contributed by atoms with van der Waals surface area (Å²) in [7, 11) is 0. The summed E-state index contributed by atoms with van der Waals surface area (Å²) in [6, 6.07) is 41.2. The summed E-state index contributed by atoms with van der Waals surface area (Å²) in [5.41, 5.74) is 12.8. The van der Waals surface area contributed by atoms with Gasteiger partial charge in [0.2, 0.25) is 0 Å². The molecule has 1 amide bonds. The van der Waals surface area contributed by atoms with Crippen LogP contribution in [0, 0.1) is 0 Å². The fourth-order valence-electron chi connectivity index (χ4n) is 11.5. The third-order valence-corrected chi connectivity index (χ3v) is 16.7. The van der Waals surface area contributed by atoms with Crippen molar-refractivity contribution in [2.45, 2.75) is 81.7 Å². The van der Waals surface area contributed by atoms with E-state index >= 15 is 0 Å². The molecule has 19 nitrogen and oxygen atoms in total. The van der Waals surface area contributed by atoms with E-state index in [4.69, 9.17) is 56.4 Å². The Morgan fingerprint density at radius 1 is 0.581 bits per heavy atom. The maximum Gasteiger partial charge on any atom is 0.410 e. The highest BCUT2D eigenvalue weighted by Crippen LogP contribution is 2.38. The third kappa shape index (κ3) is 13.7. The SMILES string of the molecule is CC(C)(C)OC(=O)N1CCNCC1.O=Cc1ccc(-c2ccc(-c3cc4nc(O[C@@H]5CO[C@H]6[C@@H]5OC[C@H]6O)[nH]c4cc3Cl)cc2)cc1.O[C@@H]1CO[C@H]2[C@@H]1OC[C@H]2Oc1nc2cc(-c3ccc(-c4ccc(CN5CCNCC5)cc4)cc3)c(Cl)cc2[nH]1. The van der Waals surface area contributed by atoms with E-state index in [9.17, 15) is 19.8 Å². The number of aliphatic hydroxyl groups is 2. The van der Waals surface area contributed by atoms with Gasteiger partial charge in [0.25, 0.3) is 12.0 Å². The molecule has 6 saturated heterocycles. The molecule has 21 heteroatoms. The van der Waals surface area contributed by atoms with Gasteiger partial charge < -0.3 is 68.9 Å². The molecule has 0 saturated carbocycles. The molecule has 2 aromatic heterocycles. The molecular formula is C65H70Cl2N8O11. The highest BCUT2D eigenvalue weighted by molar-refractivity contribution is 6.34. The summed E-state index contributed by atoms with van der Waals surface area (Å²) in [6.07, 6.45) is -2.59. The monoisotopic (exact) mass is 1210 g/mol.